The van der Waals surface area contributed by atoms with Crippen molar-refractivity contribution >= 4 is 17.4 Å². The van der Waals surface area contributed by atoms with Crippen LogP contribution in [0.5, 0.6) is 11.5 Å². The van der Waals surface area contributed by atoms with Crippen LogP contribution in [0.25, 0.3) is 0 Å². The molecular weight excluding hydrogens is 320 g/mol. The first kappa shape index (κ1) is 17.4. The molecule has 0 heterocycles. The third kappa shape index (κ3) is 5.05. The number of hydrogen-bond donors (Lipinski definition) is 1. The summed E-state index contributed by atoms with van der Waals surface area (Å²) < 4.78 is 34.2. The number of ether oxygens (including phenoxy) is 2. The molecule has 0 aliphatic heterocycles. The molecule has 2 aromatic rings. The lowest BCUT2D eigenvalue weighted by Crippen LogP contribution is -2.20. The zero-order valence-corrected chi connectivity index (χ0v) is 12.8. The van der Waals surface area contributed by atoms with E-state index in [0.29, 0.717) is 11.3 Å². The largest absolute Gasteiger partial charge is 0.484 e. The normalized spacial score (nSPS) is 10.3. The van der Waals surface area contributed by atoms with E-state index >= 15 is 0 Å². The number of ketones is 1. The van der Waals surface area contributed by atoms with E-state index in [4.69, 9.17) is 4.74 Å². The summed E-state index contributed by atoms with van der Waals surface area (Å²) in [5.41, 5.74) is 0.656. The van der Waals surface area contributed by atoms with Gasteiger partial charge in [0.05, 0.1) is 5.69 Å². The van der Waals surface area contributed by atoms with Crippen molar-refractivity contribution < 1.29 is 27.8 Å². The Morgan fingerprint density at radius 2 is 1.75 bits per heavy atom. The molecular formula is C17H15F2NO4. The molecule has 0 bridgehead atoms. The molecule has 2 aromatic carbocycles. The van der Waals surface area contributed by atoms with Crippen molar-refractivity contribution in [3.05, 3.63) is 54.1 Å². The molecule has 126 valence electrons. The third-order valence-corrected chi connectivity index (χ3v) is 3.01. The molecule has 0 spiro atoms. The number of hydrogen-bond acceptors (Lipinski definition) is 4. The number of Topliss-reactive ketones (excluding diaryl/α,β-unsaturated/α-hetero) is 1. The zero-order valence-electron chi connectivity index (χ0n) is 12.8. The predicted molar refractivity (Wildman–Crippen MR) is 83.6 cm³/mol. The van der Waals surface area contributed by atoms with E-state index in [-0.39, 0.29) is 23.8 Å². The van der Waals surface area contributed by atoms with E-state index < -0.39 is 12.5 Å². The van der Waals surface area contributed by atoms with Crippen LogP contribution in [0.3, 0.4) is 0 Å². The van der Waals surface area contributed by atoms with Crippen molar-refractivity contribution in [3.63, 3.8) is 0 Å². The summed E-state index contributed by atoms with van der Waals surface area (Å²) in [7, 11) is 0. The summed E-state index contributed by atoms with van der Waals surface area (Å²) >= 11 is 0. The number of rotatable bonds is 7. The number of amides is 1. The van der Waals surface area contributed by atoms with Gasteiger partial charge in [-0.05, 0) is 43.3 Å². The number of anilines is 1. The van der Waals surface area contributed by atoms with Crippen LogP contribution in [0.1, 0.15) is 17.3 Å². The summed E-state index contributed by atoms with van der Waals surface area (Å²) in [4.78, 5) is 23.0. The smallest absolute Gasteiger partial charge is 0.387 e. The zero-order chi connectivity index (χ0) is 17.5. The van der Waals surface area contributed by atoms with Gasteiger partial charge in [0.1, 0.15) is 11.5 Å². The van der Waals surface area contributed by atoms with E-state index in [1.807, 2.05) is 0 Å². The molecule has 5 nitrogen and oxygen atoms in total. The van der Waals surface area contributed by atoms with Gasteiger partial charge in [-0.3, -0.25) is 9.59 Å². The van der Waals surface area contributed by atoms with Crippen molar-refractivity contribution in [1.29, 1.82) is 0 Å². The number of carbonyl (C=O) groups is 2. The predicted octanol–water partition coefficient (Wildman–Crippen LogP) is 3.51. The van der Waals surface area contributed by atoms with Crippen molar-refractivity contribution in [2.24, 2.45) is 0 Å². The maximum atomic E-state index is 12.3. The number of carbonyl (C=O) groups excluding carboxylic acids is 2. The second-order valence-corrected chi connectivity index (χ2v) is 4.79. The van der Waals surface area contributed by atoms with E-state index in [9.17, 15) is 18.4 Å². The fourth-order valence-electron chi connectivity index (χ4n) is 1.89. The standard InChI is InChI=1S/C17H15F2NO4/c1-11(21)12-6-8-13(9-7-12)23-10-16(22)20-14-4-2-3-5-15(14)24-17(18)19/h2-9,17H,10H2,1H3,(H,20,22). The summed E-state index contributed by atoms with van der Waals surface area (Å²) in [5, 5.41) is 2.44. The lowest BCUT2D eigenvalue weighted by atomic mass is 10.1. The van der Waals surface area contributed by atoms with Gasteiger partial charge in [-0.1, -0.05) is 12.1 Å². The van der Waals surface area contributed by atoms with Crippen LogP contribution >= 0.6 is 0 Å². The van der Waals surface area contributed by atoms with Crippen LogP contribution in [0, 0.1) is 0 Å². The van der Waals surface area contributed by atoms with Gasteiger partial charge in [-0.2, -0.15) is 8.78 Å². The molecule has 0 aliphatic carbocycles. The highest BCUT2D eigenvalue weighted by Crippen LogP contribution is 2.25. The van der Waals surface area contributed by atoms with Crippen LogP contribution in [-0.2, 0) is 4.79 Å². The molecule has 0 unspecified atom stereocenters. The maximum Gasteiger partial charge on any atom is 0.387 e. The highest BCUT2D eigenvalue weighted by molar-refractivity contribution is 5.94. The third-order valence-electron chi connectivity index (χ3n) is 3.01. The molecule has 0 aromatic heterocycles. The van der Waals surface area contributed by atoms with Gasteiger partial charge >= 0.3 is 6.61 Å². The highest BCUT2D eigenvalue weighted by atomic mass is 19.3. The summed E-state index contributed by atoms with van der Waals surface area (Å²) in [6.07, 6.45) is 0. The molecule has 1 N–H and O–H groups in total. The second-order valence-electron chi connectivity index (χ2n) is 4.79. The Morgan fingerprint density at radius 1 is 1.08 bits per heavy atom. The topological polar surface area (TPSA) is 64.6 Å². The number of para-hydroxylation sites is 2. The van der Waals surface area contributed by atoms with E-state index in [1.54, 1.807) is 30.3 Å². The molecule has 2 rings (SSSR count). The van der Waals surface area contributed by atoms with Crippen molar-refractivity contribution in [1.82, 2.24) is 0 Å². The molecule has 0 aliphatic rings. The maximum absolute atomic E-state index is 12.3. The van der Waals surface area contributed by atoms with Crippen LogP contribution in [0.15, 0.2) is 48.5 Å². The Morgan fingerprint density at radius 3 is 2.38 bits per heavy atom. The SMILES string of the molecule is CC(=O)c1ccc(OCC(=O)Nc2ccccc2OC(F)F)cc1. The summed E-state index contributed by atoms with van der Waals surface area (Å²) in [6.45, 7) is -1.86. The van der Waals surface area contributed by atoms with Gasteiger partial charge in [0.25, 0.3) is 5.91 Å². The number of nitrogens with one attached hydrogen (secondary N) is 1. The number of halogens is 2. The van der Waals surface area contributed by atoms with Gasteiger partial charge in [-0.25, -0.2) is 0 Å². The van der Waals surface area contributed by atoms with Crippen LogP contribution in [0.2, 0.25) is 0 Å². The Labute approximate surface area is 137 Å². The van der Waals surface area contributed by atoms with Crippen LogP contribution in [0.4, 0.5) is 14.5 Å². The molecule has 1 amide bonds. The van der Waals surface area contributed by atoms with E-state index in [0.717, 1.165) is 0 Å². The van der Waals surface area contributed by atoms with Crippen LogP contribution < -0.4 is 14.8 Å². The fourth-order valence-corrected chi connectivity index (χ4v) is 1.89. The first-order valence-corrected chi connectivity index (χ1v) is 7.03. The first-order valence-electron chi connectivity index (χ1n) is 7.03. The molecule has 0 radical (unpaired) electrons. The van der Waals surface area contributed by atoms with Gasteiger partial charge < -0.3 is 14.8 Å². The van der Waals surface area contributed by atoms with Gasteiger partial charge in [0.15, 0.2) is 12.4 Å². The van der Waals surface area contributed by atoms with Gasteiger partial charge in [-0.15, -0.1) is 0 Å². The quantitative estimate of drug-likeness (QED) is 0.787. The average Bonchev–Trinajstić information content (AvgIpc) is 2.54. The van der Waals surface area contributed by atoms with Crippen molar-refractivity contribution in [3.8, 4) is 11.5 Å². The monoisotopic (exact) mass is 335 g/mol. The Hall–Kier alpha value is -2.96. The first-order chi connectivity index (χ1) is 11.5. The van der Waals surface area contributed by atoms with E-state index in [2.05, 4.69) is 10.1 Å². The minimum Gasteiger partial charge on any atom is -0.484 e. The molecule has 0 fully saturated rings. The van der Waals surface area contributed by atoms with Crippen LogP contribution in [-0.4, -0.2) is 24.9 Å². The molecule has 0 saturated heterocycles. The molecule has 0 saturated carbocycles. The second kappa shape index (κ2) is 8.05. The Kier molecular flexibility index (Phi) is 5.83. The van der Waals surface area contributed by atoms with Gasteiger partial charge in [0.2, 0.25) is 0 Å². The molecule has 7 heteroatoms. The average molecular weight is 335 g/mol. The van der Waals surface area contributed by atoms with E-state index in [1.165, 1.54) is 25.1 Å². The fraction of sp³-hybridized carbons (Fsp3) is 0.176. The van der Waals surface area contributed by atoms with Crippen molar-refractivity contribution in [2.75, 3.05) is 11.9 Å². The van der Waals surface area contributed by atoms with Crippen molar-refractivity contribution in [2.45, 2.75) is 13.5 Å². The highest BCUT2D eigenvalue weighted by Gasteiger charge is 2.12. The minimum atomic E-state index is -2.99. The lowest BCUT2D eigenvalue weighted by molar-refractivity contribution is -0.118. The van der Waals surface area contributed by atoms with Gasteiger partial charge in [0, 0.05) is 5.56 Å². The number of benzene rings is 2. The minimum absolute atomic E-state index is 0.0741. The lowest BCUT2D eigenvalue weighted by Gasteiger charge is -2.12. The molecule has 0 atom stereocenters. The molecule has 24 heavy (non-hydrogen) atoms. The number of alkyl halides is 2. The Balaban J connectivity index is 1.93. The summed E-state index contributed by atoms with van der Waals surface area (Å²) in [5.74, 6) is -0.329. The Bertz CT molecular complexity index is 717. The summed E-state index contributed by atoms with van der Waals surface area (Å²) in [6, 6.07) is 12.2.